The molecule has 0 aromatic heterocycles. The van der Waals surface area contributed by atoms with Crippen LogP contribution in [0, 0.1) is 0 Å². The van der Waals surface area contributed by atoms with Crippen molar-refractivity contribution in [1.29, 1.82) is 0 Å². The van der Waals surface area contributed by atoms with Crippen LogP contribution in [0.15, 0.2) is 17.1 Å². The molecule has 0 aromatic carbocycles. The van der Waals surface area contributed by atoms with Gasteiger partial charge in [0, 0.05) is 65.4 Å². The second-order valence-electron chi connectivity index (χ2n) is 7.04. The molecule has 9 nitrogen and oxygen atoms in total. The van der Waals surface area contributed by atoms with Crippen LogP contribution in [0.2, 0.25) is 0 Å². The van der Waals surface area contributed by atoms with Crippen LogP contribution in [-0.2, 0) is 19.2 Å². The van der Waals surface area contributed by atoms with Crippen LogP contribution >= 0.6 is 0 Å². The quantitative estimate of drug-likeness (QED) is 0.186. The van der Waals surface area contributed by atoms with Crippen LogP contribution in [0.4, 0.5) is 0 Å². The Labute approximate surface area is 165 Å². The molecule has 0 aliphatic carbocycles. The average molecular weight is 391 g/mol. The first-order valence-electron chi connectivity index (χ1n) is 9.65. The smallest absolute Gasteiger partial charge is 0.253 e. The third kappa shape index (κ3) is 5.90. The molecule has 2 aliphatic heterocycles. The minimum absolute atomic E-state index is 0.130. The van der Waals surface area contributed by atoms with E-state index in [0.717, 1.165) is 25.1 Å². The number of guanidine groups is 1. The minimum Gasteiger partial charge on any atom is -0.349 e. The highest BCUT2D eigenvalue weighted by atomic mass is 16.2. The Morgan fingerprint density at radius 1 is 1.04 bits per heavy atom. The molecule has 0 N–H and O–H groups in total. The molecule has 1 saturated heterocycles. The van der Waals surface area contributed by atoms with Crippen molar-refractivity contribution in [3.63, 3.8) is 0 Å². The second-order valence-corrected chi connectivity index (χ2v) is 7.04. The van der Waals surface area contributed by atoms with Gasteiger partial charge in [0.15, 0.2) is 5.96 Å². The monoisotopic (exact) mass is 391 g/mol. The first kappa shape index (κ1) is 21.6. The molecule has 0 saturated carbocycles. The van der Waals surface area contributed by atoms with Crippen molar-refractivity contribution in [1.82, 2.24) is 19.6 Å². The number of piperazine rings is 1. The zero-order chi connectivity index (χ0) is 20.5. The second kappa shape index (κ2) is 10.6. The Hall–Kier alpha value is -2.71. The molecule has 0 aromatic rings. The molecular formula is C19H29N5O4. The van der Waals surface area contributed by atoms with Gasteiger partial charge < -0.3 is 19.5 Å². The van der Waals surface area contributed by atoms with Crippen LogP contribution in [-0.4, -0.2) is 103 Å². The van der Waals surface area contributed by atoms with Crippen molar-refractivity contribution in [3.8, 4) is 0 Å². The van der Waals surface area contributed by atoms with Crippen molar-refractivity contribution < 1.29 is 19.2 Å². The molecule has 9 heteroatoms. The summed E-state index contributed by atoms with van der Waals surface area (Å²) in [6, 6.07) is 0. The zero-order valence-corrected chi connectivity index (χ0v) is 16.7. The Kier molecular flexibility index (Phi) is 8.16. The molecule has 0 bridgehead atoms. The maximum absolute atomic E-state index is 12.4. The Morgan fingerprint density at radius 2 is 1.64 bits per heavy atom. The van der Waals surface area contributed by atoms with Gasteiger partial charge in [0.1, 0.15) is 6.29 Å². The third-order valence-corrected chi connectivity index (χ3v) is 4.80. The van der Waals surface area contributed by atoms with E-state index in [9.17, 15) is 19.2 Å². The van der Waals surface area contributed by atoms with Crippen LogP contribution in [0.1, 0.15) is 25.7 Å². The number of rotatable bonds is 8. The summed E-state index contributed by atoms with van der Waals surface area (Å²) in [6.45, 7) is 3.19. The molecule has 2 aliphatic rings. The van der Waals surface area contributed by atoms with Crippen LogP contribution in [0.3, 0.4) is 0 Å². The van der Waals surface area contributed by atoms with Crippen molar-refractivity contribution >= 4 is 30.0 Å². The highest BCUT2D eigenvalue weighted by molar-refractivity contribution is 6.12. The van der Waals surface area contributed by atoms with E-state index in [1.165, 1.54) is 17.1 Å². The van der Waals surface area contributed by atoms with E-state index >= 15 is 0 Å². The summed E-state index contributed by atoms with van der Waals surface area (Å²) in [4.78, 5) is 57.2. The number of imide groups is 1. The molecule has 0 spiro atoms. The number of hydrogen-bond donors (Lipinski definition) is 0. The van der Waals surface area contributed by atoms with Gasteiger partial charge in [0.05, 0.1) is 6.54 Å². The van der Waals surface area contributed by atoms with Gasteiger partial charge in [-0.1, -0.05) is 6.42 Å². The lowest BCUT2D eigenvalue weighted by atomic mass is 10.1. The molecule has 2 heterocycles. The molecule has 2 rings (SSSR count). The van der Waals surface area contributed by atoms with Gasteiger partial charge in [0.25, 0.3) is 11.8 Å². The molecule has 0 unspecified atom stereocenters. The molecule has 0 atom stereocenters. The zero-order valence-electron chi connectivity index (χ0n) is 16.7. The van der Waals surface area contributed by atoms with Crippen LogP contribution < -0.4 is 0 Å². The first-order valence-corrected chi connectivity index (χ1v) is 9.65. The van der Waals surface area contributed by atoms with Crippen molar-refractivity contribution in [3.05, 3.63) is 12.2 Å². The van der Waals surface area contributed by atoms with E-state index < -0.39 is 0 Å². The molecule has 3 amide bonds. The number of carbonyl (C=O) groups is 4. The molecule has 1 fully saturated rings. The maximum atomic E-state index is 12.4. The number of aliphatic imine (C=N–C) groups is 1. The lowest BCUT2D eigenvalue weighted by Gasteiger charge is -2.38. The maximum Gasteiger partial charge on any atom is 0.253 e. The summed E-state index contributed by atoms with van der Waals surface area (Å²) in [7, 11) is 3.78. The molecule has 154 valence electrons. The van der Waals surface area contributed by atoms with E-state index in [1.54, 1.807) is 0 Å². The molecule has 28 heavy (non-hydrogen) atoms. The number of aldehydes is 1. The Balaban J connectivity index is 1.66. The van der Waals surface area contributed by atoms with Crippen LogP contribution in [0.5, 0.6) is 0 Å². The van der Waals surface area contributed by atoms with Crippen molar-refractivity contribution in [2.45, 2.75) is 25.7 Å². The summed E-state index contributed by atoms with van der Waals surface area (Å²) in [5.74, 6) is 0.381. The lowest BCUT2D eigenvalue weighted by Crippen LogP contribution is -2.53. The SMILES string of the molecule is CN(C)C(=NCC=O)N1CCN(C(=O)CCCCCN2C(=O)C=CC2=O)CC1. The standard InChI is InChI=1S/C19H29N5O4/c1-21(2)19(20-9-15-25)23-13-11-22(12-14-23)16(26)6-4-3-5-10-24-17(27)7-8-18(24)28/h7-8,15H,3-6,9-14H2,1-2H3. The van der Waals surface area contributed by atoms with Gasteiger partial charge in [-0.25, -0.2) is 4.99 Å². The first-order chi connectivity index (χ1) is 13.4. The highest BCUT2D eigenvalue weighted by Crippen LogP contribution is 2.11. The summed E-state index contributed by atoms with van der Waals surface area (Å²) in [6.07, 6.45) is 6.07. The van der Waals surface area contributed by atoms with Crippen molar-refractivity contribution in [2.75, 3.05) is 53.4 Å². The number of carbonyl (C=O) groups excluding carboxylic acids is 4. The van der Waals surface area contributed by atoms with E-state index in [4.69, 9.17) is 0 Å². The summed E-state index contributed by atoms with van der Waals surface area (Å²) < 4.78 is 0. The Bertz CT molecular complexity index is 633. The van der Waals surface area contributed by atoms with Gasteiger partial charge in [-0.3, -0.25) is 19.3 Å². The fraction of sp³-hybridized carbons (Fsp3) is 0.632. The van der Waals surface area contributed by atoms with Gasteiger partial charge in [-0.15, -0.1) is 0 Å². The molecule has 0 radical (unpaired) electrons. The normalized spacial score (nSPS) is 17.5. The topological polar surface area (TPSA) is 93.6 Å². The third-order valence-electron chi connectivity index (χ3n) is 4.80. The summed E-state index contributed by atoms with van der Waals surface area (Å²) >= 11 is 0. The van der Waals surface area contributed by atoms with Gasteiger partial charge in [-0.2, -0.15) is 0 Å². The summed E-state index contributed by atoms with van der Waals surface area (Å²) in [5, 5.41) is 0. The van der Waals surface area contributed by atoms with Crippen molar-refractivity contribution in [2.24, 2.45) is 4.99 Å². The fourth-order valence-electron chi connectivity index (χ4n) is 3.33. The number of unbranched alkanes of at least 4 members (excludes halogenated alkanes) is 2. The van der Waals surface area contributed by atoms with E-state index in [0.29, 0.717) is 45.6 Å². The number of amides is 3. The highest BCUT2D eigenvalue weighted by Gasteiger charge is 2.24. The Morgan fingerprint density at radius 3 is 2.21 bits per heavy atom. The average Bonchev–Trinajstić information content (AvgIpc) is 3.00. The predicted octanol–water partition coefficient (Wildman–Crippen LogP) is -0.267. The van der Waals surface area contributed by atoms with E-state index in [2.05, 4.69) is 9.89 Å². The van der Waals surface area contributed by atoms with Gasteiger partial charge in [0.2, 0.25) is 5.91 Å². The van der Waals surface area contributed by atoms with Gasteiger partial charge >= 0.3 is 0 Å². The van der Waals surface area contributed by atoms with E-state index in [1.807, 2.05) is 23.9 Å². The van der Waals surface area contributed by atoms with E-state index in [-0.39, 0.29) is 24.3 Å². The van der Waals surface area contributed by atoms with Crippen LogP contribution in [0.25, 0.3) is 0 Å². The molecular weight excluding hydrogens is 362 g/mol. The minimum atomic E-state index is -0.257. The largest absolute Gasteiger partial charge is 0.349 e. The number of nitrogens with zero attached hydrogens (tertiary/aromatic N) is 5. The fourth-order valence-corrected chi connectivity index (χ4v) is 3.33. The predicted molar refractivity (Wildman–Crippen MR) is 105 cm³/mol. The summed E-state index contributed by atoms with van der Waals surface area (Å²) in [5.41, 5.74) is 0. The van der Waals surface area contributed by atoms with Gasteiger partial charge in [-0.05, 0) is 12.8 Å². The number of hydrogen-bond acceptors (Lipinski definition) is 5. The lowest BCUT2D eigenvalue weighted by molar-refractivity contribution is -0.137.